The summed E-state index contributed by atoms with van der Waals surface area (Å²) < 4.78 is 28.9. The molecule has 1 rings (SSSR count). The number of alkyl halides is 1. The molecular weight excluding hydrogens is 359 g/mol. The first-order valence-electron chi connectivity index (χ1n) is 6.73. The van der Waals surface area contributed by atoms with Crippen LogP contribution in [-0.4, -0.2) is 24.0 Å². The molecule has 118 valence electrons. The summed E-state index contributed by atoms with van der Waals surface area (Å²) >= 11 is 3.14. The van der Waals surface area contributed by atoms with E-state index in [4.69, 9.17) is 13.8 Å². The highest BCUT2D eigenvalue weighted by Gasteiger charge is 2.40. The molecule has 0 fully saturated rings. The van der Waals surface area contributed by atoms with Gasteiger partial charge in [-0.3, -0.25) is 9.36 Å². The molecule has 0 aliphatic carbocycles. The molecule has 0 heterocycles. The number of hydrogen-bond acceptors (Lipinski definition) is 5. The Bertz CT molecular complexity index is 481. The molecule has 0 saturated heterocycles. The third-order valence-electron chi connectivity index (χ3n) is 2.54. The summed E-state index contributed by atoms with van der Waals surface area (Å²) in [6.07, 6.45) is 0. The monoisotopic (exact) mass is 378 g/mol. The fraction of sp³-hybridized carbons (Fsp3) is 0.500. The van der Waals surface area contributed by atoms with Gasteiger partial charge in [-0.2, -0.15) is 0 Å². The molecule has 0 aliphatic heterocycles. The van der Waals surface area contributed by atoms with Gasteiger partial charge in [0.05, 0.1) is 13.2 Å². The second kappa shape index (κ2) is 8.69. The van der Waals surface area contributed by atoms with Gasteiger partial charge in [0.1, 0.15) is 4.83 Å². The number of hydrogen-bond donors (Lipinski definition) is 0. The fourth-order valence-corrected chi connectivity index (χ4v) is 3.61. The zero-order valence-corrected chi connectivity index (χ0v) is 14.8. The van der Waals surface area contributed by atoms with E-state index in [-0.39, 0.29) is 13.2 Å². The molecule has 1 aromatic rings. The minimum absolute atomic E-state index is 0.196. The molecule has 0 N–H and O–H groups in total. The summed E-state index contributed by atoms with van der Waals surface area (Å²) in [7, 11) is -3.61. The molecule has 0 aromatic heterocycles. The maximum Gasteiger partial charge on any atom is 0.375 e. The lowest BCUT2D eigenvalue weighted by Crippen LogP contribution is -2.19. The second-order valence-electron chi connectivity index (χ2n) is 4.19. The molecule has 1 aromatic carbocycles. The molecule has 21 heavy (non-hydrogen) atoms. The Morgan fingerprint density at radius 2 is 1.71 bits per heavy atom. The molecule has 0 saturated carbocycles. The predicted octanol–water partition coefficient (Wildman–Crippen LogP) is 4.28. The average molecular weight is 379 g/mol. The highest BCUT2D eigenvalue weighted by atomic mass is 79.9. The third kappa shape index (κ3) is 5.22. The second-order valence-corrected chi connectivity index (χ2v) is 7.63. The molecule has 0 spiro atoms. The fourth-order valence-electron chi connectivity index (χ4n) is 1.67. The smallest absolute Gasteiger partial charge is 0.375 e. The van der Waals surface area contributed by atoms with Gasteiger partial charge in [0.25, 0.3) is 0 Å². The van der Waals surface area contributed by atoms with Crippen molar-refractivity contribution < 1.29 is 23.1 Å². The van der Waals surface area contributed by atoms with Crippen molar-refractivity contribution in [1.29, 1.82) is 0 Å². The van der Waals surface area contributed by atoms with Gasteiger partial charge in [-0.15, -0.1) is 0 Å². The minimum atomic E-state index is -3.61. The van der Waals surface area contributed by atoms with Crippen molar-refractivity contribution >= 4 is 29.5 Å². The molecule has 2 atom stereocenters. The molecule has 2 unspecified atom stereocenters. The zero-order chi connectivity index (χ0) is 15.9. The van der Waals surface area contributed by atoms with E-state index < -0.39 is 24.2 Å². The van der Waals surface area contributed by atoms with Crippen molar-refractivity contribution in [1.82, 2.24) is 0 Å². The van der Waals surface area contributed by atoms with Crippen LogP contribution in [0.2, 0.25) is 0 Å². The van der Waals surface area contributed by atoms with Gasteiger partial charge >= 0.3 is 13.6 Å². The molecule has 5 nitrogen and oxygen atoms in total. The largest absolute Gasteiger partial charge is 0.444 e. The summed E-state index contributed by atoms with van der Waals surface area (Å²) in [6.45, 7) is 5.45. The van der Waals surface area contributed by atoms with Crippen molar-refractivity contribution in [2.45, 2.75) is 31.4 Å². The molecule has 0 amide bonds. The molecule has 0 bridgehead atoms. The lowest BCUT2D eigenvalue weighted by Gasteiger charge is -2.26. The van der Waals surface area contributed by atoms with Crippen molar-refractivity contribution in [3.8, 4) is 0 Å². The van der Waals surface area contributed by atoms with Gasteiger partial charge in [0.2, 0.25) is 5.85 Å². The van der Waals surface area contributed by atoms with Gasteiger partial charge in [0, 0.05) is 5.56 Å². The van der Waals surface area contributed by atoms with Crippen molar-refractivity contribution in [2.24, 2.45) is 0 Å². The molecule has 7 heteroatoms. The van der Waals surface area contributed by atoms with E-state index in [0.717, 1.165) is 0 Å². The van der Waals surface area contributed by atoms with Crippen molar-refractivity contribution in [2.75, 3.05) is 13.2 Å². The summed E-state index contributed by atoms with van der Waals surface area (Å²) in [5, 5.41) is 0. The summed E-state index contributed by atoms with van der Waals surface area (Å²) in [6, 6.07) is 8.82. The topological polar surface area (TPSA) is 61.8 Å². The highest BCUT2D eigenvalue weighted by Crippen LogP contribution is 2.61. The maximum atomic E-state index is 12.9. The third-order valence-corrected chi connectivity index (χ3v) is 5.13. The Balaban J connectivity index is 3.16. The predicted molar refractivity (Wildman–Crippen MR) is 84.5 cm³/mol. The van der Waals surface area contributed by atoms with Crippen LogP contribution < -0.4 is 0 Å². The van der Waals surface area contributed by atoms with Crippen LogP contribution >= 0.6 is 23.5 Å². The number of carbonyl (C=O) groups is 1. The number of ether oxygens (including phenoxy) is 1. The van der Waals surface area contributed by atoms with Gasteiger partial charge in [-0.05, 0) is 20.8 Å². The standard InChI is InChI=1S/C14H20BrO5P/c1-4-18-21(17,19-5-2)14(20-13(16)11(3)15)12-9-7-6-8-10-12/h6-11,14H,4-5H2,1-3H3. The van der Waals surface area contributed by atoms with Crippen LogP contribution in [0, 0.1) is 0 Å². The van der Waals surface area contributed by atoms with E-state index in [1.807, 2.05) is 6.07 Å². The number of carbonyl (C=O) groups excluding carboxylic acids is 1. The molecular formula is C14H20BrO5P. The van der Waals surface area contributed by atoms with Crippen LogP contribution in [0.3, 0.4) is 0 Å². The number of esters is 1. The number of rotatable bonds is 8. The van der Waals surface area contributed by atoms with Crippen LogP contribution in [0.15, 0.2) is 30.3 Å². The Hall–Kier alpha value is -0.680. The van der Waals surface area contributed by atoms with E-state index in [0.29, 0.717) is 5.56 Å². The Morgan fingerprint density at radius 3 is 2.14 bits per heavy atom. The minimum Gasteiger partial charge on any atom is -0.444 e. The van der Waals surface area contributed by atoms with Crippen LogP contribution in [0.25, 0.3) is 0 Å². The molecule has 0 aliphatic rings. The Labute approximate surface area is 133 Å². The SMILES string of the molecule is CCOP(=O)(OCC)C(OC(=O)C(C)Br)c1ccccc1. The summed E-state index contributed by atoms with van der Waals surface area (Å²) in [5.41, 5.74) is 0.573. The normalized spacial score (nSPS) is 14.5. The van der Waals surface area contributed by atoms with Crippen molar-refractivity contribution in [3.05, 3.63) is 35.9 Å². The van der Waals surface area contributed by atoms with E-state index in [2.05, 4.69) is 15.9 Å². The summed E-state index contributed by atoms with van der Waals surface area (Å²) in [4.78, 5) is 11.4. The van der Waals surface area contributed by atoms with Crippen LogP contribution in [0.4, 0.5) is 0 Å². The van der Waals surface area contributed by atoms with Gasteiger partial charge in [0.15, 0.2) is 0 Å². The van der Waals surface area contributed by atoms with E-state index in [1.54, 1.807) is 45.0 Å². The quantitative estimate of drug-likeness (QED) is 0.383. The Kier molecular flexibility index (Phi) is 7.60. The first kappa shape index (κ1) is 18.4. The van der Waals surface area contributed by atoms with Gasteiger partial charge in [-0.1, -0.05) is 46.3 Å². The summed E-state index contributed by atoms with van der Waals surface area (Å²) in [5.74, 6) is -1.60. The first-order chi connectivity index (χ1) is 9.94. The lowest BCUT2D eigenvalue weighted by atomic mass is 10.2. The van der Waals surface area contributed by atoms with Crippen molar-refractivity contribution in [3.63, 3.8) is 0 Å². The van der Waals surface area contributed by atoms with E-state index in [9.17, 15) is 9.36 Å². The average Bonchev–Trinajstić information content (AvgIpc) is 2.45. The molecule has 0 radical (unpaired) electrons. The zero-order valence-electron chi connectivity index (χ0n) is 12.3. The number of benzene rings is 1. The van der Waals surface area contributed by atoms with Crippen LogP contribution in [-0.2, 0) is 23.1 Å². The highest BCUT2D eigenvalue weighted by molar-refractivity contribution is 9.10. The van der Waals surface area contributed by atoms with E-state index >= 15 is 0 Å². The lowest BCUT2D eigenvalue weighted by molar-refractivity contribution is -0.145. The maximum absolute atomic E-state index is 12.9. The van der Waals surface area contributed by atoms with Crippen LogP contribution in [0.5, 0.6) is 0 Å². The first-order valence-corrected chi connectivity index (χ1v) is 9.25. The Morgan fingerprint density at radius 1 is 1.19 bits per heavy atom. The van der Waals surface area contributed by atoms with Gasteiger partial charge < -0.3 is 13.8 Å². The van der Waals surface area contributed by atoms with E-state index in [1.165, 1.54) is 0 Å². The number of halogens is 1. The van der Waals surface area contributed by atoms with Crippen LogP contribution in [0.1, 0.15) is 32.2 Å². The van der Waals surface area contributed by atoms with Gasteiger partial charge in [-0.25, -0.2) is 0 Å².